The number of fused-ring (bicyclic) bond motifs is 1. The van der Waals surface area contributed by atoms with Crippen LogP contribution in [0.4, 0.5) is 5.69 Å². The monoisotopic (exact) mass is 228 g/mol. The lowest BCUT2D eigenvalue weighted by molar-refractivity contribution is 0.251. The summed E-state index contributed by atoms with van der Waals surface area (Å²) in [6, 6.07) is 10.4. The molecule has 3 heteroatoms. The van der Waals surface area contributed by atoms with Crippen molar-refractivity contribution in [1.29, 1.82) is 0 Å². The van der Waals surface area contributed by atoms with Crippen LogP contribution >= 0.6 is 0 Å². The van der Waals surface area contributed by atoms with Crippen LogP contribution in [-0.4, -0.2) is 11.9 Å². The highest BCUT2D eigenvalue weighted by Crippen LogP contribution is 2.29. The summed E-state index contributed by atoms with van der Waals surface area (Å²) in [6.45, 7) is 2.88. The second kappa shape index (κ2) is 4.26. The lowest BCUT2D eigenvalue weighted by Gasteiger charge is -2.12. The summed E-state index contributed by atoms with van der Waals surface area (Å²) >= 11 is 0. The fourth-order valence-corrected chi connectivity index (χ4v) is 2.46. The summed E-state index contributed by atoms with van der Waals surface area (Å²) in [6.07, 6.45) is 1.73. The molecule has 0 radical (unpaired) electrons. The smallest absolute Gasteiger partial charge is 0.117 e. The second-order valence-electron chi connectivity index (χ2n) is 4.42. The predicted octanol–water partition coefficient (Wildman–Crippen LogP) is 2.84. The van der Waals surface area contributed by atoms with E-state index in [0.29, 0.717) is 0 Å². The first kappa shape index (κ1) is 10.4. The van der Waals surface area contributed by atoms with E-state index in [9.17, 15) is 0 Å². The van der Waals surface area contributed by atoms with Crippen LogP contribution in [0.1, 0.15) is 16.9 Å². The number of anilines is 1. The van der Waals surface area contributed by atoms with E-state index in [1.54, 1.807) is 6.26 Å². The molecule has 0 saturated heterocycles. The van der Waals surface area contributed by atoms with Crippen LogP contribution in [0.3, 0.4) is 0 Å². The third-order valence-corrected chi connectivity index (χ3v) is 3.28. The molecule has 0 aliphatic carbocycles. The summed E-state index contributed by atoms with van der Waals surface area (Å²) in [5, 5.41) is 3.26. The van der Waals surface area contributed by atoms with E-state index in [1.807, 2.05) is 19.2 Å². The maximum absolute atomic E-state index is 5.39. The molecule has 0 spiro atoms. The van der Waals surface area contributed by atoms with Crippen molar-refractivity contribution in [3.8, 4) is 0 Å². The standard InChI is InChI=1S/C14H16N2O/c1-15-14-6-2-4-11-8-16(10-13(11)14)9-12-5-3-7-17-12/h2-7,15H,8-10H2,1H3. The third kappa shape index (κ3) is 1.94. The molecule has 1 N–H and O–H groups in total. The molecule has 0 bridgehead atoms. The van der Waals surface area contributed by atoms with Gasteiger partial charge in [-0.25, -0.2) is 0 Å². The Morgan fingerprint density at radius 3 is 2.94 bits per heavy atom. The van der Waals surface area contributed by atoms with Crippen molar-refractivity contribution in [2.75, 3.05) is 12.4 Å². The molecule has 3 rings (SSSR count). The van der Waals surface area contributed by atoms with Gasteiger partial charge in [-0.3, -0.25) is 4.90 Å². The van der Waals surface area contributed by atoms with Gasteiger partial charge in [-0.1, -0.05) is 12.1 Å². The van der Waals surface area contributed by atoms with Crippen LogP contribution in [0.2, 0.25) is 0 Å². The molecule has 17 heavy (non-hydrogen) atoms. The van der Waals surface area contributed by atoms with Gasteiger partial charge in [0.1, 0.15) is 5.76 Å². The average molecular weight is 228 g/mol. The topological polar surface area (TPSA) is 28.4 Å². The molecule has 1 aliphatic heterocycles. The highest BCUT2D eigenvalue weighted by Gasteiger charge is 2.21. The van der Waals surface area contributed by atoms with Gasteiger partial charge in [-0.2, -0.15) is 0 Å². The van der Waals surface area contributed by atoms with Crippen LogP contribution in [0.15, 0.2) is 41.0 Å². The first-order chi connectivity index (χ1) is 8.36. The Hall–Kier alpha value is -1.74. The van der Waals surface area contributed by atoms with Crippen molar-refractivity contribution < 1.29 is 4.42 Å². The molecule has 0 saturated carbocycles. The number of rotatable bonds is 3. The molecule has 0 amide bonds. The molecule has 1 aromatic carbocycles. The van der Waals surface area contributed by atoms with Crippen molar-refractivity contribution >= 4 is 5.69 Å². The molecule has 88 valence electrons. The summed E-state index contributed by atoms with van der Waals surface area (Å²) in [7, 11) is 1.98. The van der Waals surface area contributed by atoms with Gasteiger partial charge in [0, 0.05) is 25.8 Å². The lowest BCUT2D eigenvalue weighted by atomic mass is 10.1. The third-order valence-electron chi connectivity index (χ3n) is 3.28. The maximum atomic E-state index is 5.39. The van der Waals surface area contributed by atoms with Crippen LogP contribution in [0.5, 0.6) is 0 Å². The van der Waals surface area contributed by atoms with Gasteiger partial charge in [-0.15, -0.1) is 0 Å². The van der Waals surface area contributed by atoms with E-state index in [2.05, 4.69) is 28.4 Å². The molecular formula is C14H16N2O. The van der Waals surface area contributed by atoms with Crippen LogP contribution in [0, 0.1) is 0 Å². The fraction of sp³-hybridized carbons (Fsp3) is 0.286. The summed E-state index contributed by atoms with van der Waals surface area (Å²) in [5.41, 5.74) is 4.08. The minimum Gasteiger partial charge on any atom is -0.468 e. The fourth-order valence-electron chi connectivity index (χ4n) is 2.46. The second-order valence-corrected chi connectivity index (χ2v) is 4.42. The number of hydrogen-bond donors (Lipinski definition) is 1. The van der Waals surface area contributed by atoms with Gasteiger partial charge >= 0.3 is 0 Å². The Morgan fingerprint density at radius 1 is 1.24 bits per heavy atom. The normalized spacial score (nSPS) is 14.9. The minimum atomic E-state index is 0.880. The molecular weight excluding hydrogens is 212 g/mol. The van der Waals surface area contributed by atoms with Crippen molar-refractivity contribution in [3.05, 3.63) is 53.5 Å². The summed E-state index contributed by atoms with van der Waals surface area (Å²) in [4.78, 5) is 2.39. The molecule has 2 aromatic rings. The molecule has 0 atom stereocenters. The van der Waals surface area contributed by atoms with Gasteiger partial charge in [-0.05, 0) is 29.3 Å². The van der Waals surface area contributed by atoms with Crippen molar-refractivity contribution in [2.45, 2.75) is 19.6 Å². The molecule has 3 nitrogen and oxygen atoms in total. The first-order valence-electron chi connectivity index (χ1n) is 5.90. The van der Waals surface area contributed by atoms with Gasteiger partial charge in [0.15, 0.2) is 0 Å². The number of furan rings is 1. The Kier molecular flexibility index (Phi) is 2.61. The zero-order valence-corrected chi connectivity index (χ0v) is 9.94. The van der Waals surface area contributed by atoms with E-state index in [4.69, 9.17) is 4.42 Å². The van der Waals surface area contributed by atoms with E-state index < -0.39 is 0 Å². The molecule has 0 unspecified atom stereocenters. The van der Waals surface area contributed by atoms with Crippen LogP contribution in [-0.2, 0) is 19.6 Å². The summed E-state index contributed by atoms with van der Waals surface area (Å²) < 4.78 is 5.39. The zero-order chi connectivity index (χ0) is 11.7. The van der Waals surface area contributed by atoms with Gasteiger partial charge in [0.2, 0.25) is 0 Å². The van der Waals surface area contributed by atoms with E-state index >= 15 is 0 Å². The average Bonchev–Trinajstić information content (AvgIpc) is 2.97. The van der Waals surface area contributed by atoms with Crippen LogP contribution < -0.4 is 5.32 Å². The molecule has 1 aliphatic rings. The maximum Gasteiger partial charge on any atom is 0.117 e. The summed E-state index contributed by atoms with van der Waals surface area (Å²) in [5.74, 6) is 1.03. The molecule has 2 heterocycles. The minimum absolute atomic E-state index is 0.880. The number of nitrogens with one attached hydrogen (secondary N) is 1. The Labute approximate surface area is 101 Å². The molecule has 0 fully saturated rings. The number of benzene rings is 1. The van der Waals surface area contributed by atoms with E-state index in [1.165, 1.54) is 16.8 Å². The van der Waals surface area contributed by atoms with Crippen LogP contribution in [0.25, 0.3) is 0 Å². The quantitative estimate of drug-likeness (QED) is 0.875. The van der Waals surface area contributed by atoms with Gasteiger partial charge in [0.25, 0.3) is 0 Å². The largest absolute Gasteiger partial charge is 0.468 e. The Morgan fingerprint density at radius 2 is 2.18 bits per heavy atom. The van der Waals surface area contributed by atoms with Gasteiger partial charge in [0.05, 0.1) is 12.8 Å². The van der Waals surface area contributed by atoms with E-state index in [0.717, 1.165) is 25.4 Å². The number of hydrogen-bond acceptors (Lipinski definition) is 3. The highest BCUT2D eigenvalue weighted by atomic mass is 16.3. The van der Waals surface area contributed by atoms with Crippen molar-refractivity contribution in [1.82, 2.24) is 4.90 Å². The van der Waals surface area contributed by atoms with Gasteiger partial charge < -0.3 is 9.73 Å². The van der Waals surface area contributed by atoms with Crippen molar-refractivity contribution in [2.24, 2.45) is 0 Å². The van der Waals surface area contributed by atoms with Crippen molar-refractivity contribution in [3.63, 3.8) is 0 Å². The Bertz CT molecular complexity index is 505. The first-order valence-corrected chi connectivity index (χ1v) is 5.90. The lowest BCUT2D eigenvalue weighted by Crippen LogP contribution is -2.15. The predicted molar refractivity (Wildman–Crippen MR) is 67.6 cm³/mol. The van der Waals surface area contributed by atoms with E-state index in [-0.39, 0.29) is 0 Å². The zero-order valence-electron chi connectivity index (χ0n) is 9.94. The SMILES string of the molecule is CNc1cccc2c1CN(Cc1ccco1)C2. The number of nitrogens with zero attached hydrogens (tertiary/aromatic N) is 1. The Balaban J connectivity index is 1.78. The highest BCUT2D eigenvalue weighted by molar-refractivity contribution is 5.55. The molecule has 1 aromatic heterocycles.